The topological polar surface area (TPSA) is 55.4 Å². The first-order chi connectivity index (χ1) is 9.02. The van der Waals surface area contributed by atoms with Crippen LogP contribution in [0.5, 0.6) is 0 Å². The van der Waals surface area contributed by atoms with Gasteiger partial charge in [0, 0.05) is 11.3 Å². The summed E-state index contributed by atoms with van der Waals surface area (Å²) in [5.74, 6) is -0.0901. The number of hydrogen-bond acceptors (Lipinski definition) is 4. The van der Waals surface area contributed by atoms with Gasteiger partial charge in [-0.25, -0.2) is 4.79 Å². The quantitative estimate of drug-likeness (QED) is 0.863. The lowest BCUT2D eigenvalue weighted by Gasteiger charge is -2.08. The van der Waals surface area contributed by atoms with Crippen LogP contribution in [0.25, 0.3) is 0 Å². The fraction of sp³-hybridized carbons (Fsp3) is 0.571. The van der Waals surface area contributed by atoms with E-state index in [0.29, 0.717) is 22.9 Å². The van der Waals surface area contributed by atoms with E-state index < -0.39 is 0 Å². The number of hydrogen-bond donors (Lipinski definition) is 1. The molecule has 1 N–H and O–H groups in total. The lowest BCUT2D eigenvalue weighted by atomic mass is 10.1. The average molecular weight is 281 g/mol. The van der Waals surface area contributed by atoms with Gasteiger partial charge in [-0.1, -0.05) is 13.8 Å². The smallest absolute Gasteiger partial charge is 0.341 e. The molecular weight excluding hydrogens is 262 g/mol. The Morgan fingerprint density at radius 3 is 2.74 bits per heavy atom. The number of anilines is 1. The number of carbonyl (C=O) groups excluding carboxylic acids is 2. The number of nitrogens with one attached hydrogen (secondary N) is 1. The first-order valence-corrected chi connectivity index (χ1v) is 7.37. The summed E-state index contributed by atoms with van der Waals surface area (Å²) in [6.45, 7) is 3.99. The highest BCUT2D eigenvalue weighted by Crippen LogP contribution is 2.39. The molecule has 1 aliphatic rings. The van der Waals surface area contributed by atoms with E-state index in [1.807, 2.05) is 13.8 Å². The van der Waals surface area contributed by atoms with Gasteiger partial charge in [0.25, 0.3) is 0 Å². The summed E-state index contributed by atoms with van der Waals surface area (Å²) in [4.78, 5) is 25.0. The predicted molar refractivity (Wildman–Crippen MR) is 75.8 cm³/mol. The molecule has 5 heteroatoms. The number of aryl methyl sites for hydroxylation is 1. The van der Waals surface area contributed by atoms with E-state index >= 15 is 0 Å². The summed E-state index contributed by atoms with van der Waals surface area (Å²) >= 11 is 1.51. The monoisotopic (exact) mass is 281 g/mol. The third-order valence-electron chi connectivity index (χ3n) is 3.16. The molecule has 0 aromatic carbocycles. The summed E-state index contributed by atoms with van der Waals surface area (Å²) in [6.07, 6.45) is 3.43. The van der Waals surface area contributed by atoms with Gasteiger partial charge in [-0.3, -0.25) is 4.79 Å². The van der Waals surface area contributed by atoms with Crippen molar-refractivity contribution < 1.29 is 14.3 Å². The summed E-state index contributed by atoms with van der Waals surface area (Å²) in [5.41, 5.74) is 1.63. The molecule has 2 rings (SSSR count). The summed E-state index contributed by atoms with van der Waals surface area (Å²) in [5, 5.41) is 3.52. The Bertz CT molecular complexity index is 505. The van der Waals surface area contributed by atoms with E-state index in [1.165, 1.54) is 23.3 Å². The van der Waals surface area contributed by atoms with Gasteiger partial charge in [0.05, 0.1) is 12.7 Å². The molecular formula is C14H19NO3S. The lowest BCUT2D eigenvalue weighted by molar-refractivity contribution is -0.116. The zero-order chi connectivity index (χ0) is 14.0. The van der Waals surface area contributed by atoms with Gasteiger partial charge in [0.1, 0.15) is 5.00 Å². The van der Waals surface area contributed by atoms with Crippen molar-refractivity contribution in [2.75, 3.05) is 12.4 Å². The fourth-order valence-corrected chi connectivity index (χ4v) is 3.65. The van der Waals surface area contributed by atoms with Gasteiger partial charge < -0.3 is 10.1 Å². The van der Waals surface area contributed by atoms with Gasteiger partial charge in [-0.05, 0) is 30.7 Å². The van der Waals surface area contributed by atoms with Crippen molar-refractivity contribution in [3.05, 3.63) is 16.0 Å². The van der Waals surface area contributed by atoms with Crippen LogP contribution in [0.3, 0.4) is 0 Å². The third kappa shape index (κ3) is 2.97. The van der Waals surface area contributed by atoms with Crippen LogP contribution in [-0.4, -0.2) is 19.0 Å². The Kier molecular flexibility index (Phi) is 4.24. The minimum atomic E-state index is -0.348. The fourth-order valence-electron chi connectivity index (χ4n) is 2.36. The van der Waals surface area contributed by atoms with E-state index in [9.17, 15) is 9.59 Å². The number of esters is 1. The molecule has 0 spiro atoms. The number of amides is 1. The van der Waals surface area contributed by atoms with Crippen LogP contribution in [0.4, 0.5) is 5.00 Å². The van der Waals surface area contributed by atoms with Crippen molar-refractivity contribution >= 4 is 28.2 Å². The first-order valence-electron chi connectivity index (χ1n) is 6.55. The minimum Gasteiger partial charge on any atom is -0.465 e. The minimum absolute atomic E-state index is 0.0416. The lowest BCUT2D eigenvalue weighted by Crippen LogP contribution is -2.15. The van der Waals surface area contributed by atoms with Crippen LogP contribution in [0, 0.1) is 5.92 Å². The highest BCUT2D eigenvalue weighted by atomic mass is 32.1. The predicted octanol–water partition coefficient (Wildman–Crippen LogP) is 3.01. The molecule has 0 saturated carbocycles. The SMILES string of the molecule is COC(=O)c1c(NC(=O)CC(C)C)sc2c1CCC2. The van der Waals surface area contributed by atoms with Crippen molar-refractivity contribution in [3.8, 4) is 0 Å². The van der Waals surface area contributed by atoms with Crippen LogP contribution < -0.4 is 5.32 Å². The van der Waals surface area contributed by atoms with Crippen molar-refractivity contribution in [2.45, 2.75) is 39.5 Å². The molecule has 0 aliphatic heterocycles. The standard InChI is InChI=1S/C14H19NO3S/c1-8(2)7-11(16)15-13-12(14(17)18-3)9-5-4-6-10(9)19-13/h8H,4-7H2,1-3H3,(H,15,16). The second-order valence-corrected chi connectivity index (χ2v) is 6.30. The van der Waals surface area contributed by atoms with Crippen LogP contribution in [0.15, 0.2) is 0 Å². The van der Waals surface area contributed by atoms with Crippen molar-refractivity contribution in [2.24, 2.45) is 5.92 Å². The van der Waals surface area contributed by atoms with E-state index in [2.05, 4.69) is 5.32 Å². The summed E-state index contributed by atoms with van der Waals surface area (Å²) in [7, 11) is 1.38. The van der Waals surface area contributed by atoms with Gasteiger partial charge in [0.15, 0.2) is 0 Å². The van der Waals surface area contributed by atoms with E-state index in [1.54, 1.807) is 0 Å². The van der Waals surface area contributed by atoms with E-state index in [4.69, 9.17) is 4.74 Å². The molecule has 4 nitrogen and oxygen atoms in total. The molecule has 1 aliphatic carbocycles. The molecule has 1 aromatic heterocycles. The molecule has 1 heterocycles. The molecule has 1 aromatic rings. The van der Waals surface area contributed by atoms with E-state index in [-0.39, 0.29) is 11.9 Å². The zero-order valence-electron chi connectivity index (χ0n) is 11.5. The van der Waals surface area contributed by atoms with Gasteiger partial charge in [-0.15, -0.1) is 11.3 Å². The Labute approximate surface area is 117 Å². The summed E-state index contributed by atoms with van der Waals surface area (Å²) < 4.78 is 4.84. The average Bonchev–Trinajstić information content (AvgIpc) is 2.86. The molecule has 0 bridgehead atoms. The van der Waals surface area contributed by atoms with Crippen molar-refractivity contribution in [1.82, 2.24) is 0 Å². The normalized spacial score (nSPS) is 13.5. The molecule has 104 valence electrons. The maximum Gasteiger partial charge on any atom is 0.341 e. The second-order valence-electron chi connectivity index (χ2n) is 5.20. The van der Waals surface area contributed by atoms with Gasteiger partial charge in [-0.2, -0.15) is 0 Å². The number of ether oxygens (including phenoxy) is 1. The number of thiophene rings is 1. The number of carbonyl (C=O) groups is 2. The van der Waals surface area contributed by atoms with Gasteiger partial charge >= 0.3 is 5.97 Å². The van der Waals surface area contributed by atoms with Crippen molar-refractivity contribution in [1.29, 1.82) is 0 Å². The Hall–Kier alpha value is -1.36. The maximum absolute atomic E-state index is 11.9. The summed E-state index contributed by atoms with van der Waals surface area (Å²) in [6, 6.07) is 0. The van der Waals surface area contributed by atoms with Crippen LogP contribution >= 0.6 is 11.3 Å². The highest BCUT2D eigenvalue weighted by Gasteiger charge is 2.27. The highest BCUT2D eigenvalue weighted by molar-refractivity contribution is 7.17. The first kappa shape index (κ1) is 14.1. The number of fused-ring (bicyclic) bond motifs is 1. The van der Waals surface area contributed by atoms with Crippen LogP contribution in [-0.2, 0) is 22.4 Å². The Morgan fingerprint density at radius 2 is 2.11 bits per heavy atom. The molecule has 0 atom stereocenters. The molecule has 0 unspecified atom stereocenters. The molecule has 0 fully saturated rings. The van der Waals surface area contributed by atoms with E-state index in [0.717, 1.165) is 24.8 Å². The third-order valence-corrected chi connectivity index (χ3v) is 4.36. The largest absolute Gasteiger partial charge is 0.465 e. The second kappa shape index (κ2) is 5.74. The van der Waals surface area contributed by atoms with Crippen LogP contribution in [0.2, 0.25) is 0 Å². The Balaban J connectivity index is 2.25. The van der Waals surface area contributed by atoms with Crippen LogP contribution in [0.1, 0.15) is 47.5 Å². The van der Waals surface area contributed by atoms with Crippen molar-refractivity contribution in [3.63, 3.8) is 0 Å². The molecule has 19 heavy (non-hydrogen) atoms. The number of methoxy groups -OCH3 is 1. The molecule has 0 saturated heterocycles. The van der Waals surface area contributed by atoms with Gasteiger partial charge in [0.2, 0.25) is 5.91 Å². The molecule has 0 radical (unpaired) electrons. The number of rotatable bonds is 4. The maximum atomic E-state index is 11.9. The molecule has 1 amide bonds. The zero-order valence-corrected chi connectivity index (χ0v) is 12.4. The Morgan fingerprint density at radius 1 is 1.37 bits per heavy atom.